The van der Waals surface area contributed by atoms with Gasteiger partial charge in [0.1, 0.15) is 0 Å². The minimum Gasteiger partial charge on any atom is -0.271 e. The summed E-state index contributed by atoms with van der Waals surface area (Å²) < 4.78 is 0.921. The van der Waals surface area contributed by atoms with E-state index in [1.807, 2.05) is 49.5 Å². The molecular formula is C16H15BrN4. The molecule has 1 atom stereocenters. The van der Waals surface area contributed by atoms with Crippen molar-refractivity contribution in [2.45, 2.75) is 13.0 Å². The number of fused-ring (bicyclic) bond motifs is 1. The van der Waals surface area contributed by atoms with E-state index in [4.69, 9.17) is 10.8 Å². The highest BCUT2D eigenvalue weighted by Gasteiger charge is 2.18. The first-order chi connectivity index (χ1) is 10.2. The summed E-state index contributed by atoms with van der Waals surface area (Å²) in [6.45, 7) is 1.96. The van der Waals surface area contributed by atoms with Crippen molar-refractivity contribution < 1.29 is 0 Å². The Labute approximate surface area is 131 Å². The van der Waals surface area contributed by atoms with Crippen molar-refractivity contribution in [1.82, 2.24) is 15.4 Å². The van der Waals surface area contributed by atoms with Crippen LogP contribution in [0.1, 0.15) is 23.0 Å². The number of aryl methyl sites for hydroxylation is 1. The molecule has 0 aliphatic heterocycles. The number of nitrogens with two attached hydrogens (primary N) is 1. The number of rotatable bonds is 3. The Hall–Kier alpha value is -1.82. The molecule has 2 heterocycles. The van der Waals surface area contributed by atoms with Crippen molar-refractivity contribution in [2.75, 3.05) is 0 Å². The third-order valence-corrected chi connectivity index (χ3v) is 4.05. The second-order valence-electron chi connectivity index (χ2n) is 4.88. The van der Waals surface area contributed by atoms with Gasteiger partial charge in [-0.1, -0.05) is 24.3 Å². The minimum absolute atomic E-state index is 0.211. The Balaban J connectivity index is 2.12. The summed E-state index contributed by atoms with van der Waals surface area (Å²) in [6, 6.07) is 13.8. The van der Waals surface area contributed by atoms with Crippen LogP contribution < -0.4 is 11.3 Å². The van der Waals surface area contributed by atoms with E-state index in [2.05, 4.69) is 32.4 Å². The van der Waals surface area contributed by atoms with E-state index >= 15 is 0 Å². The number of halogens is 1. The van der Waals surface area contributed by atoms with E-state index in [-0.39, 0.29) is 6.04 Å². The van der Waals surface area contributed by atoms with Crippen LogP contribution in [0.2, 0.25) is 0 Å². The quantitative estimate of drug-likeness (QED) is 0.566. The van der Waals surface area contributed by atoms with Crippen LogP contribution in [0.15, 0.2) is 53.1 Å². The highest BCUT2D eigenvalue weighted by Crippen LogP contribution is 2.29. The molecule has 3 rings (SSSR count). The van der Waals surface area contributed by atoms with Crippen LogP contribution in [0.3, 0.4) is 0 Å². The van der Waals surface area contributed by atoms with Crippen molar-refractivity contribution in [2.24, 2.45) is 5.84 Å². The van der Waals surface area contributed by atoms with Crippen molar-refractivity contribution in [3.05, 3.63) is 70.1 Å². The lowest BCUT2D eigenvalue weighted by molar-refractivity contribution is 0.618. The number of hydrogen-bond acceptors (Lipinski definition) is 4. The molecule has 0 amide bonds. The van der Waals surface area contributed by atoms with Gasteiger partial charge >= 0.3 is 0 Å². The highest BCUT2D eigenvalue weighted by atomic mass is 79.9. The summed E-state index contributed by atoms with van der Waals surface area (Å²) in [5.41, 5.74) is 6.57. The smallest absolute Gasteiger partial charge is 0.0908 e. The zero-order valence-electron chi connectivity index (χ0n) is 11.5. The fourth-order valence-corrected chi connectivity index (χ4v) is 2.85. The molecule has 0 spiro atoms. The van der Waals surface area contributed by atoms with Gasteiger partial charge in [-0.2, -0.15) is 0 Å². The maximum Gasteiger partial charge on any atom is 0.0908 e. The molecule has 0 bridgehead atoms. The Bertz CT molecular complexity index is 771. The summed E-state index contributed by atoms with van der Waals surface area (Å²) in [5.74, 6) is 5.75. The predicted octanol–water partition coefficient (Wildman–Crippen LogP) is 3.25. The summed E-state index contributed by atoms with van der Waals surface area (Å²) in [6.07, 6.45) is 1.82. The lowest BCUT2D eigenvalue weighted by Gasteiger charge is -2.18. The first-order valence-electron chi connectivity index (χ1n) is 6.63. The Morgan fingerprint density at radius 1 is 1.19 bits per heavy atom. The zero-order valence-corrected chi connectivity index (χ0v) is 13.1. The van der Waals surface area contributed by atoms with E-state index in [0.717, 1.165) is 32.3 Å². The molecule has 0 radical (unpaired) electrons. The first-order valence-corrected chi connectivity index (χ1v) is 7.42. The second-order valence-corrected chi connectivity index (χ2v) is 5.74. The van der Waals surface area contributed by atoms with E-state index in [0.29, 0.717) is 0 Å². The van der Waals surface area contributed by atoms with Crippen LogP contribution in [-0.4, -0.2) is 9.97 Å². The zero-order chi connectivity index (χ0) is 14.8. The largest absolute Gasteiger partial charge is 0.271 e. The summed E-state index contributed by atoms with van der Waals surface area (Å²) in [4.78, 5) is 9.05. The molecule has 1 aromatic carbocycles. The normalized spacial score (nSPS) is 12.5. The topological polar surface area (TPSA) is 63.8 Å². The average molecular weight is 343 g/mol. The molecule has 3 aromatic rings. The van der Waals surface area contributed by atoms with Crippen LogP contribution in [0, 0.1) is 6.92 Å². The van der Waals surface area contributed by atoms with Gasteiger partial charge in [0, 0.05) is 21.7 Å². The Kier molecular flexibility index (Phi) is 3.96. The van der Waals surface area contributed by atoms with E-state index in [1.54, 1.807) is 0 Å². The molecule has 0 fully saturated rings. The molecule has 0 saturated heterocycles. The summed E-state index contributed by atoms with van der Waals surface area (Å²) >= 11 is 3.59. The molecule has 0 aliphatic rings. The minimum atomic E-state index is -0.211. The maximum atomic E-state index is 5.75. The standard InChI is InChI=1S/C16H15BrN4/c1-10-6-7-12(9-19-10)15(21-18)16-13(17)8-11-4-2-3-5-14(11)20-16/h2-9,15,21H,18H2,1H3. The SMILES string of the molecule is Cc1ccc(C(NN)c2nc3ccccc3cc2Br)cn1. The van der Waals surface area contributed by atoms with Gasteiger partial charge in [0.2, 0.25) is 0 Å². The number of para-hydroxylation sites is 1. The number of pyridine rings is 2. The Morgan fingerprint density at radius 2 is 2.00 bits per heavy atom. The van der Waals surface area contributed by atoms with Gasteiger partial charge in [0.05, 0.1) is 17.3 Å². The fourth-order valence-electron chi connectivity index (χ4n) is 2.29. The number of aromatic nitrogens is 2. The summed E-state index contributed by atoms with van der Waals surface area (Å²) in [7, 11) is 0. The lowest BCUT2D eigenvalue weighted by atomic mass is 10.0. The monoisotopic (exact) mass is 342 g/mol. The second kappa shape index (κ2) is 5.89. The van der Waals surface area contributed by atoms with Gasteiger partial charge in [-0.3, -0.25) is 10.8 Å². The van der Waals surface area contributed by atoms with Crippen LogP contribution in [0.4, 0.5) is 0 Å². The maximum absolute atomic E-state index is 5.75. The van der Waals surface area contributed by atoms with E-state index < -0.39 is 0 Å². The van der Waals surface area contributed by atoms with Crippen molar-refractivity contribution in [1.29, 1.82) is 0 Å². The van der Waals surface area contributed by atoms with Gasteiger partial charge in [-0.05, 0) is 46.6 Å². The molecule has 2 aromatic heterocycles. The van der Waals surface area contributed by atoms with Gasteiger partial charge in [-0.15, -0.1) is 0 Å². The van der Waals surface area contributed by atoms with E-state index in [9.17, 15) is 0 Å². The van der Waals surface area contributed by atoms with Gasteiger partial charge in [0.15, 0.2) is 0 Å². The molecule has 21 heavy (non-hydrogen) atoms. The molecule has 1 unspecified atom stereocenters. The molecule has 4 nitrogen and oxygen atoms in total. The third-order valence-electron chi connectivity index (χ3n) is 3.41. The molecule has 106 valence electrons. The highest BCUT2D eigenvalue weighted by molar-refractivity contribution is 9.10. The number of nitrogens with zero attached hydrogens (tertiary/aromatic N) is 2. The number of benzene rings is 1. The Morgan fingerprint density at radius 3 is 2.71 bits per heavy atom. The number of nitrogens with one attached hydrogen (secondary N) is 1. The first kappa shape index (κ1) is 14.1. The van der Waals surface area contributed by atoms with Crippen LogP contribution in [0.5, 0.6) is 0 Å². The average Bonchev–Trinajstić information content (AvgIpc) is 2.50. The number of hydrazine groups is 1. The number of hydrogen-bond donors (Lipinski definition) is 2. The predicted molar refractivity (Wildman–Crippen MR) is 87.6 cm³/mol. The van der Waals surface area contributed by atoms with Crippen molar-refractivity contribution in [3.8, 4) is 0 Å². The molecular weight excluding hydrogens is 328 g/mol. The van der Waals surface area contributed by atoms with Gasteiger partial charge in [0.25, 0.3) is 0 Å². The molecule has 5 heteroatoms. The van der Waals surface area contributed by atoms with Crippen LogP contribution in [-0.2, 0) is 0 Å². The van der Waals surface area contributed by atoms with Crippen LogP contribution in [0.25, 0.3) is 10.9 Å². The third kappa shape index (κ3) is 2.81. The lowest BCUT2D eigenvalue weighted by Crippen LogP contribution is -2.30. The van der Waals surface area contributed by atoms with E-state index in [1.165, 1.54) is 0 Å². The van der Waals surface area contributed by atoms with Gasteiger partial charge < -0.3 is 0 Å². The molecule has 0 aliphatic carbocycles. The molecule has 3 N–H and O–H groups in total. The van der Waals surface area contributed by atoms with Gasteiger partial charge in [-0.25, -0.2) is 10.4 Å². The fraction of sp³-hybridized carbons (Fsp3) is 0.125. The van der Waals surface area contributed by atoms with Crippen molar-refractivity contribution in [3.63, 3.8) is 0 Å². The van der Waals surface area contributed by atoms with Crippen molar-refractivity contribution >= 4 is 26.8 Å². The summed E-state index contributed by atoms with van der Waals surface area (Å²) in [5, 5.41) is 1.09. The van der Waals surface area contributed by atoms with Crippen LogP contribution >= 0.6 is 15.9 Å². The molecule has 0 saturated carbocycles.